The summed E-state index contributed by atoms with van der Waals surface area (Å²) in [4.78, 5) is 12.4. The molecule has 0 bridgehead atoms. The minimum atomic E-state index is -0.667. The van der Waals surface area contributed by atoms with Gasteiger partial charge in [0.05, 0.1) is 24.3 Å². The molecular weight excluding hydrogens is 268 g/mol. The molecule has 1 atom stereocenters. The summed E-state index contributed by atoms with van der Waals surface area (Å²) in [5, 5.41) is 20.1. The molecule has 0 saturated heterocycles. The third-order valence-corrected chi connectivity index (χ3v) is 3.19. The van der Waals surface area contributed by atoms with Crippen LogP contribution in [-0.4, -0.2) is 26.0 Å². The van der Waals surface area contributed by atoms with Gasteiger partial charge in [0.15, 0.2) is 0 Å². The molecule has 1 heterocycles. The van der Waals surface area contributed by atoms with E-state index in [1.165, 1.54) is 0 Å². The maximum Gasteiger partial charge on any atom is 0.231 e. The number of anilines is 1. The fourth-order valence-corrected chi connectivity index (χ4v) is 1.88. The smallest absolute Gasteiger partial charge is 0.231 e. The van der Waals surface area contributed by atoms with Crippen molar-refractivity contribution in [1.82, 2.24) is 15.0 Å². The summed E-state index contributed by atoms with van der Waals surface area (Å²) in [5.41, 5.74) is 0.604. The molecule has 2 N–H and O–H groups in total. The number of aliphatic hydroxyl groups excluding tert-OH is 1. The van der Waals surface area contributed by atoms with Gasteiger partial charge in [0.25, 0.3) is 0 Å². The molecular formula is C15H20N4O2. The molecule has 0 aliphatic rings. The molecule has 2 aromatic rings. The van der Waals surface area contributed by atoms with Crippen LogP contribution in [0.4, 0.5) is 5.69 Å². The molecule has 6 nitrogen and oxygen atoms in total. The van der Waals surface area contributed by atoms with Gasteiger partial charge in [-0.25, -0.2) is 0 Å². The van der Waals surface area contributed by atoms with E-state index in [2.05, 4.69) is 15.6 Å². The number of benzene rings is 1. The molecule has 0 fully saturated rings. The van der Waals surface area contributed by atoms with Crippen LogP contribution in [0.3, 0.4) is 0 Å². The van der Waals surface area contributed by atoms with Crippen LogP contribution in [0.15, 0.2) is 36.5 Å². The highest BCUT2D eigenvalue weighted by atomic mass is 16.3. The van der Waals surface area contributed by atoms with Crippen molar-refractivity contribution >= 4 is 11.6 Å². The Bertz CT molecular complexity index is 605. The number of nitrogens with zero attached hydrogens (tertiary/aromatic N) is 3. The Morgan fingerprint density at radius 2 is 2.05 bits per heavy atom. The molecule has 0 spiro atoms. The van der Waals surface area contributed by atoms with Crippen LogP contribution in [0.25, 0.3) is 0 Å². The van der Waals surface area contributed by atoms with Crippen molar-refractivity contribution in [2.45, 2.75) is 33.4 Å². The molecule has 0 saturated carbocycles. The maximum absolute atomic E-state index is 12.4. The number of amides is 1. The number of nitrogens with one attached hydrogen (secondary N) is 1. The second kappa shape index (κ2) is 6.05. The summed E-state index contributed by atoms with van der Waals surface area (Å²) in [7, 11) is 0. The number of rotatable bonds is 5. The van der Waals surface area contributed by atoms with Gasteiger partial charge in [0.2, 0.25) is 5.91 Å². The lowest BCUT2D eigenvalue weighted by Crippen LogP contribution is -2.34. The minimum absolute atomic E-state index is 0.0946. The molecule has 0 radical (unpaired) electrons. The fourth-order valence-electron chi connectivity index (χ4n) is 1.88. The maximum atomic E-state index is 12.4. The van der Waals surface area contributed by atoms with Gasteiger partial charge in [-0.3, -0.25) is 9.48 Å². The summed E-state index contributed by atoms with van der Waals surface area (Å²) in [6.07, 6.45) is 0.988. The number of carbonyl (C=O) groups excluding carboxylic acids is 1. The number of hydrogen-bond acceptors (Lipinski definition) is 4. The Balaban J connectivity index is 2.04. The molecule has 1 amide bonds. The Labute approximate surface area is 123 Å². The zero-order valence-electron chi connectivity index (χ0n) is 12.4. The molecule has 0 aliphatic heterocycles. The van der Waals surface area contributed by atoms with Crippen molar-refractivity contribution < 1.29 is 9.90 Å². The van der Waals surface area contributed by atoms with Crippen LogP contribution in [-0.2, 0) is 11.3 Å². The Morgan fingerprint density at radius 3 is 2.62 bits per heavy atom. The van der Waals surface area contributed by atoms with Crippen LogP contribution in [0.2, 0.25) is 0 Å². The Kier molecular flexibility index (Phi) is 4.37. The minimum Gasteiger partial charge on any atom is -0.387 e. The standard InChI is InChI=1S/C15H20N4O2/c1-11(20)13-9-19(18-17-13)10-15(2,3)14(21)16-12-7-5-4-6-8-12/h4-9,11,20H,10H2,1-3H3,(H,16,21). The number of para-hydroxylation sites is 1. The van der Waals surface area contributed by atoms with Crippen LogP contribution in [0.1, 0.15) is 32.6 Å². The van der Waals surface area contributed by atoms with E-state index in [0.717, 1.165) is 5.69 Å². The average Bonchev–Trinajstić information content (AvgIpc) is 2.88. The van der Waals surface area contributed by atoms with E-state index in [4.69, 9.17) is 0 Å². The van der Waals surface area contributed by atoms with Crippen molar-refractivity contribution in [1.29, 1.82) is 0 Å². The second-order valence-electron chi connectivity index (χ2n) is 5.72. The Hall–Kier alpha value is -2.21. The SMILES string of the molecule is CC(O)c1cn(CC(C)(C)C(=O)Nc2ccccc2)nn1. The third kappa shape index (κ3) is 3.88. The van der Waals surface area contributed by atoms with Crippen LogP contribution >= 0.6 is 0 Å². The molecule has 2 rings (SSSR count). The van der Waals surface area contributed by atoms with Crippen LogP contribution < -0.4 is 5.32 Å². The molecule has 0 aliphatic carbocycles. The van der Waals surface area contributed by atoms with E-state index in [1.54, 1.807) is 17.8 Å². The number of hydrogen-bond donors (Lipinski definition) is 2. The molecule has 1 unspecified atom stereocenters. The highest BCUT2D eigenvalue weighted by Gasteiger charge is 2.29. The van der Waals surface area contributed by atoms with Crippen LogP contribution in [0.5, 0.6) is 0 Å². The molecule has 6 heteroatoms. The lowest BCUT2D eigenvalue weighted by molar-refractivity contribution is -0.124. The predicted octanol–water partition coefficient (Wildman–Crippen LogP) is 2.00. The van der Waals surface area contributed by atoms with E-state index in [0.29, 0.717) is 12.2 Å². The van der Waals surface area contributed by atoms with Crippen molar-refractivity contribution in [2.24, 2.45) is 5.41 Å². The summed E-state index contributed by atoms with van der Waals surface area (Å²) in [5.74, 6) is -0.0946. The summed E-state index contributed by atoms with van der Waals surface area (Å²) in [6, 6.07) is 9.32. The molecule has 112 valence electrons. The van der Waals surface area contributed by atoms with Gasteiger partial charge in [0, 0.05) is 5.69 Å². The molecule has 21 heavy (non-hydrogen) atoms. The quantitative estimate of drug-likeness (QED) is 0.882. The van der Waals surface area contributed by atoms with E-state index >= 15 is 0 Å². The largest absolute Gasteiger partial charge is 0.387 e. The second-order valence-corrected chi connectivity index (χ2v) is 5.72. The van der Waals surface area contributed by atoms with Crippen molar-refractivity contribution in [3.8, 4) is 0 Å². The first-order chi connectivity index (χ1) is 9.88. The first-order valence-corrected chi connectivity index (χ1v) is 6.83. The summed E-state index contributed by atoms with van der Waals surface area (Å²) >= 11 is 0. The first kappa shape index (κ1) is 15.2. The van der Waals surface area contributed by atoms with Gasteiger partial charge in [-0.1, -0.05) is 23.4 Å². The van der Waals surface area contributed by atoms with E-state index in [1.807, 2.05) is 44.2 Å². The highest BCUT2D eigenvalue weighted by molar-refractivity contribution is 5.94. The normalized spacial score (nSPS) is 13.0. The number of aliphatic hydroxyl groups is 1. The molecule has 1 aromatic carbocycles. The lowest BCUT2D eigenvalue weighted by Gasteiger charge is -2.23. The van der Waals surface area contributed by atoms with Crippen LogP contribution in [0, 0.1) is 5.41 Å². The average molecular weight is 288 g/mol. The van der Waals surface area contributed by atoms with Crippen molar-refractivity contribution in [2.75, 3.05) is 5.32 Å². The van der Waals surface area contributed by atoms with Gasteiger partial charge in [-0.15, -0.1) is 5.10 Å². The third-order valence-electron chi connectivity index (χ3n) is 3.19. The highest BCUT2D eigenvalue weighted by Crippen LogP contribution is 2.21. The van der Waals surface area contributed by atoms with Gasteiger partial charge in [0.1, 0.15) is 5.69 Å². The lowest BCUT2D eigenvalue weighted by atomic mass is 9.92. The van der Waals surface area contributed by atoms with Gasteiger partial charge in [-0.05, 0) is 32.9 Å². The molecule has 1 aromatic heterocycles. The zero-order valence-corrected chi connectivity index (χ0v) is 12.4. The van der Waals surface area contributed by atoms with E-state index in [9.17, 15) is 9.90 Å². The fraction of sp³-hybridized carbons (Fsp3) is 0.400. The van der Waals surface area contributed by atoms with Crippen molar-refractivity contribution in [3.63, 3.8) is 0 Å². The number of carbonyl (C=O) groups is 1. The zero-order chi connectivity index (χ0) is 15.5. The van der Waals surface area contributed by atoms with Gasteiger partial charge >= 0.3 is 0 Å². The van der Waals surface area contributed by atoms with Crippen molar-refractivity contribution in [3.05, 3.63) is 42.2 Å². The topological polar surface area (TPSA) is 80.0 Å². The summed E-state index contributed by atoms with van der Waals surface area (Å²) < 4.78 is 1.58. The first-order valence-electron chi connectivity index (χ1n) is 6.83. The van der Waals surface area contributed by atoms with Gasteiger partial charge in [-0.2, -0.15) is 0 Å². The number of aromatic nitrogens is 3. The monoisotopic (exact) mass is 288 g/mol. The van der Waals surface area contributed by atoms with E-state index < -0.39 is 11.5 Å². The Morgan fingerprint density at radius 1 is 1.38 bits per heavy atom. The van der Waals surface area contributed by atoms with Gasteiger partial charge < -0.3 is 10.4 Å². The predicted molar refractivity (Wildman–Crippen MR) is 79.5 cm³/mol. The van der Waals surface area contributed by atoms with E-state index in [-0.39, 0.29) is 5.91 Å². The summed E-state index contributed by atoms with van der Waals surface area (Å²) in [6.45, 7) is 5.69.